The molecule has 2 fully saturated rings. The lowest BCUT2D eigenvalue weighted by Crippen LogP contribution is -2.46. The standard InChI is InChI=1S/C23H39ClN6.HI/c1-3-25-23(26-11-5-6-12-29-16-14-28(4-2)15-17-29)27-21-10-13-30(19-21)22-9-7-8-20(24)18-22;/h7-9,18,21H,3-6,10-17,19H2,1-2H3,(H2,25,26,27);1H. The number of likely N-dealkylation sites (N-methyl/N-ethyl adjacent to an activating group) is 1. The van der Waals surface area contributed by atoms with E-state index in [9.17, 15) is 0 Å². The van der Waals surface area contributed by atoms with Gasteiger partial charge in [0.05, 0.1) is 0 Å². The van der Waals surface area contributed by atoms with Gasteiger partial charge in [-0.3, -0.25) is 4.99 Å². The summed E-state index contributed by atoms with van der Waals surface area (Å²) in [6, 6.07) is 8.55. The fourth-order valence-electron chi connectivity index (χ4n) is 4.27. The van der Waals surface area contributed by atoms with Gasteiger partial charge in [0.1, 0.15) is 0 Å². The van der Waals surface area contributed by atoms with Gasteiger partial charge in [0.2, 0.25) is 0 Å². The topological polar surface area (TPSA) is 46.1 Å². The average Bonchev–Trinajstić information content (AvgIpc) is 3.22. The van der Waals surface area contributed by atoms with E-state index in [1.54, 1.807) is 0 Å². The van der Waals surface area contributed by atoms with Crippen molar-refractivity contribution in [2.75, 3.05) is 70.3 Å². The Kier molecular flexibility index (Phi) is 12.3. The Morgan fingerprint density at radius 1 is 1.10 bits per heavy atom. The predicted molar refractivity (Wildman–Crippen MR) is 144 cm³/mol. The molecule has 3 rings (SSSR count). The zero-order valence-corrected chi connectivity index (χ0v) is 22.2. The summed E-state index contributed by atoms with van der Waals surface area (Å²) >= 11 is 6.15. The number of rotatable bonds is 9. The second-order valence-corrected chi connectivity index (χ2v) is 8.74. The van der Waals surface area contributed by atoms with Crippen molar-refractivity contribution in [2.45, 2.75) is 39.2 Å². The van der Waals surface area contributed by atoms with Crippen LogP contribution in [0.15, 0.2) is 29.3 Å². The summed E-state index contributed by atoms with van der Waals surface area (Å²) in [5.74, 6) is 0.951. The lowest BCUT2D eigenvalue weighted by Gasteiger charge is -2.33. The first-order chi connectivity index (χ1) is 14.7. The number of benzene rings is 1. The van der Waals surface area contributed by atoms with Gasteiger partial charge in [-0.05, 0) is 57.5 Å². The molecule has 2 aliphatic heterocycles. The maximum atomic E-state index is 6.15. The fraction of sp³-hybridized carbons (Fsp3) is 0.696. The minimum absolute atomic E-state index is 0. The Labute approximate surface area is 210 Å². The molecule has 0 bridgehead atoms. The molecule has 6 nitrogen and oxygen atoms in total. The molecule has 0 spiro atoms. The third-order valence-electron chi connectivity index (χ3n) is 6.11. The van der Waals surface area contributed by atoms with E-state index in [2.05, 4.69) is 45.2 Å². The lowest BCUT2D eigenvalue weighted by atomic mass is 10.2. The average molecular weight is 563 g/mol. The van der Waals surface area contributed by atoms with Gasteiger partial charge in [-0.1, -0.05) is 24.6 Å². The Morgan fingerprint density at radius 2 is 1.87 bits per heavy atom. The third-order valence-corrected chi connectivity index (χ3v) is 6.35. The Balaban J connectivity index is 0.00000341. The minimum atomic E-state index is 0. The van der Waals surface area contributed by atoms with Crippen molar-refractivity contribution in [3.8, 4) is 0 Å². The third kappa shape index (κ3) is 8.94. The van der Waals surface area contributed by atoms with E-state index in [1.807, 2.05) is 18.2 Å². The van der Waals surface area contributed by atoms with Gasteiger partial charge in [-0.15, -0.1) is 24.0 Å². The molecule has 1 aromatic carbocycles. The molecule has 0 aromatic heterocycles. The van der Waals surface area contributed by atoms with Crippen molar-refractivity contribution in [1.82, 2.24) is 20.4 Å². The van der Waals surface area contributed by atoms with E-state index >= 15 is 0 Å². The molecule has 176 valence electrons. The number of piperazine rings is 1. The Hall–Kier alpha value is -0.770. The van der Waals surface area contributed by atoms with E-state index in [-0.39, 0.29) is 24.0 Å². The molecule has 1 aromatic rings. The van der Waals surface area contributed by atoms with Crippen molar-refractivity contribution >= 4 is 47.2 Å². The van der Waals surface area contributed by atoms with Crippen molar-refractivity contribution in [2.24, 2.45) is 4.99 Å². The molecule has 2 N–H and O–H groups in total. The molecular formula is C23H40ClIN6. The van der Waals surface area contributed by atoms with Crippen molar-refractivity contribution in [3.63, 3.8) is 0 Å². The maximum absolute atomic E-state index is 6.15. The summed E-state index contributed by atoms with van der Waals surface area (Å²) in [6.45, 7) is 15.4. The maximum Gasteiger partial charge on any atom is 0.191 e. The summed E-state index contributed by atoms with van der Waals surface area (Å²) in [5.41, 5.74) is 1.20. The molecule has 2 heterocycles. The first-order valence-electron chi connectivity index (χ1n) is 11.7. The molecule has 2 saturated heterocycles. The van der Waals surface area contributed by atoms with Gasteiger partial charge in [0.25, 0.3) is 0 Å². The van der Waals surface area contributed by atoms with Crippen LogP contribution in [-0.4, -0.2) is 87.2 Å². The Morgan fingerprint density at radius 3 is 2.58 bits per heavy atom. The number of anilines is 1. The van der Waals surface area contributed by atoms with Crippen LogP contribution < -0.4 is 15.5 Å². The summed E-state index contributed by atoms with van der Waals surface area (Å²) in [6.07, 6.45) is 3.48. The quantitative estimate of drug-likeness (QED) is 0.209. The van der Waals surface area contributed by atoms with Crippen LogP contribution in [0, 0.1) is 0 Å². The first kappa shape index (κ1) is 26.5. The van der Waals surface area contributed by atoms with Crippen LogP contribution >= 0.6 is 35.6 Å². The molecule has 1 atom stereocenters. The largest absolute Gasteiger partial charge is 0.369 e. The second kappa shape index (κ2) is 14.4. The number of halogens is 2. The molecule has 31 heavy (non-hydrogen) atoms. The number of unbranched alkanes of at least 4 members (excludes halogenated alkanes) is 1. The smallest absolute Gasteiger partial charge is 0.191 e. The van der Waals surface area contributed by atoms with Gasteiger partial charge in [-0.25, -0.2) is 0 Å². The van der Waals surface area contributed by atoms with Crippen LogP contribution in [0.4, 0.5) is 5.69 Å². The molecule has 0 aliphatic carbocycles. The molecule has 0 amide bonds. The van der Waals surface area contributed by atoms with Crippen LogP contribution in [0.2, 0.25) is 5.02 Å². The number of nitrogens with one attached hydrogen (secondary N) is 2. The SMILES string of the molecule is CCNC(=NCCCCN1CCN(CC)CC1)NC1CCN(c2cccc(Cl)c2)C1.I. The van der Waals surface area contributed by atoms with Gasteiger partial charge >= 0.3 is 0 Å². The van der Waals surface area contributed by atoms with Crippen LogP contribution in [-0.2, 0) is 0 Å². The first-order valence-corrected chi connectivity index (χ1v) is 12.1. The van der Waals surface area contributed by atoms with E-state index < -0.39 is 0 Å². The highest BCUT2D eigenvalue weighted by Gasteiger charge is 2.23. The number of hydrogen-bond donors (Lipinski definition) is 2. The van der Waals surface area contributed by atoms with Gasteiger partial charge in [0, 0.05) is 69.1 Å². The van der Waals surface area contributed by atoms with Crippen LogP contribution in [0.3, 0.4) is 0 Å². The zero-order valence-electron chi connectivity index (χ0n) is 19.2. The second-order valence-electron chi connectivity index (χ2n) is 8.30. The molecule has 1 unspecified atom stereocenters. The van der Waals surface area contributed by atoms with E-state index in [0.717, 1.165) is 50.0 Å². The van der Waals surface area contributed by atoms with E-state index in [0.29, 0.717) is 6.04 Å². The summed E-state index contributed by atoms with van der Waals surface area (Å²) in [7, 11) is 0. The highest BCUT2D eigenvalue weighted by Crippen LogP contribution is 2.23. The van der Waals surface area contributed by atoms with Gasteiger partial charge < -0.3 is 25.3 Å². The number of nitrogens with zero attached hydrogens (tertiary/aromatic N) is 4. The molecule has 0 saturated carbocycles. The minimum Gasteiger partial charge on any atom is -0.369 e. The molecule has 2 aliphatic rings. The summed E-state index contributed by atoms with van der Waals surface area (Å²) < 4.78 is 0. The zero-order chi connectivity index (χ0) is 21.2. The van der Waals surface area contributed by atoms with Crippen LogP contribution in [0.25, 0.3) is 0 Å². The highest BCUT2D eigenvalue weighted by molar-refractivity contribution is 14.0. The number of aliphatic imine (C=N–C) groups is 1. The summed E-state index contributed by atoms with van der Waals surface area (Å²) in [5, 5.41) is 7.84. The Bertz CT molecular complexity index is 665. The highest BCUT2D eigenvalue weighted by atomic mass is 127. The molecular weight excluding hydrogens is 523 g/mol. The number of hydrogen-bond acceptors (Lipinski definition) is 4. The predicted octanol–water partition coefficient (Wildman–Crippen LogP) is 3.51. The lowest BCUT2D eigenvalue weighted by molar-refractivity contribution is 0.136. The number of guanidine groups is 1. The van der Waals surface area contributed by atoms with Gasteiger partial charge in [-0.2, -0.15) is 0 Å². The van der Waals surface area contributed by atoms with E-state index in [4.69, 9.17) is 16.6 Å². The van der Waals surface area contributed by atoms with Crippen molar-refractivity contribution < 1.29 is 0 Å². The summed E-state index contributed by atoms with van der Waals surface area (Å²) in [4.78, 5) is 12.4. The van der Waals surface area contributed by atoms with Crippen molar-refractivity contribution in [3.05, 3.63) is 29.3 Å². The van der Waals surface area contributed by atoms with Crippen LogP contribution in [0.5, 0.6) is 0 Å². The van der Waals surface area contributed by atoms with Crippen molar-refractivity contribution in [1.29, 1.82) is 0 Å². The van der Waals surface area contributed by atoms with Crippen LogP contribution in [0.1, 0.15) is 33.1 Å². The van der Waals surface area contributed by atoms with Gasteiger partial charge in [0.15, 0.2) is 5.96 Å². The normalized spacial score (nSPS) is 20.5. The fourth-order valence-corrected chi connectivity index (χ4v) is 4.45. The monoisotopic (exact) mass is 562 g/mol. The van der Waals surface area contributed by atoms with E-state index in [1.165, 1.54) is 51.4 Å². The molecule has 8 heteroatoms. The molecule has 0 radical (unpaired) electrons.